The van der Waals surface area contributed by atoms with E-state index in [1.54, 1.807) is 11.0 Å². The normalized spacial score (nSPS) is 16.0. The van der Waals surface area contributed by atoms with Crippen LogP contribution in [0.3, 0.4) is 0 Å². The van der Waals surface area contributed by atoms with Gasteiger partial charge in [0.15, 0.2) is 0 Å². The number of hydrogen-bond donors (Lipinski definition) is 2. The van der Waals surface area contributed by atoms with E-state index in [1.165, 1.54) is 12.3 Å². The highest BCUT2D eigenvalue weighted by molar-refractivity contribution is 5.90. The second kappa shape index (κ2) is 6.53. The number of urea groups is 1. The molecule has 1 aromatic rings. The number of aromatic nitrogens is 1. The maximum Gasteiger partial charge on any atom is 0.354 e. The van der Waals surface area contributed by atoms with Crippen LogP contribution >= 0.6 is 0 Å². The van der Waals surface area contributed by atoms with Gasteiger partial charge in [-0.25, -0.2) is 14.6 Å². The standard InChI is InChI=1S/C14H20N4O3/c1-17(2)11-5-7-18(8-6-11)14(21)16-10-3-4-12(13(19)20)15-9-10/h3-4,9,11H,5-8H2,1-2H3,(H,16,21)(H,19,20). The Bertz CT molecular complexity index is 507. The van der Waals surface area contributed by atoms with Crippen molar-refractivity contribution in [3.63, 3.8) is 0 Å². The molecule has 2 rings (SSSR count). The highest BCUT2D eigenvalue weighted by Gasteiger charge is 2.23. The average molecular weight is 292 g/mol. The van der Waals surface area contributed by atoms with Crippen LogP contribution in [0, 0.1) is 0 Å². The summed E-state index contributed by atoms with van der Waals surface area (Å²) in [6, 6.07) is 3.26. The van der Waals surface area contributed by atoms with E-state index >= 15 is 0 Å². The van der Waals surface area contributed by atoms with Gasteiger partial charge in [0.05, 0.1) is 11.9 Å². The molecule has 1 aliphatic heterocycles. The van der Waals surface area contributed by atoms with E-state index < -0.39 is 5.97 Å². The molecule has 7 nitrogen and oxygen atoms in total. The number of carbonyl (C=O) groups excluding carboxylic acids is 1. The van der Waals surface area contributed by atoms with Crippen LogP contribution in [-0.2, 0) is 0 Å². The molecular weight excluding hydrogens is 272 g/mol. The van der Waals surface area contributed by atoms with Crippen LogP contribution < -0.4 is 5.32 Å². The first-order chi connectivity index (χ1) is 9.97. The molecule has 1 aliphatic rings. The number of rotatable bonds is 3. The van der Waals surface area contributed by atoms with Gasteiger partial charge < -0.3 is 20.2 Å². The van der Waals surface area contributed by atoms with E-state index in [-0.39, 0.29) is 11.7 Å². The third-order valence-electron chi connectivity index (χ3n) is 3.72. The highest BCUT2D eigenvalue weighted by atomic mass is 16.4. The second-order valence-corrected chi connectivity index (χ2v) is 5.35. The number of pyridine rings is 1. The molecule has 0 radical (unpaired) electrons. The van der Waals surface area contributed by atoms with Crippen molar-refractivity contribution >= 4 is 17.7 Å². The van der Waals surface area contributed by atoms with E-state index in [2.05, 4.69) is 29.3 Å². The van der Waals surface area contributed by atoms with Gasteiger partial charge in [0.2, 0.25) is 0 Å². The number of anilines is 1. The zero-order chi connectivity index (χ0) is 15.4. The van der Waals surface area contributed by atoms with Crippen molar-refractivity contribution in [1.29, 1.82) is 0 Å². The minimum absolute atomic E-state index is 0.0419. The first-order valence-corrected chi connectivity index (χ1v) is 6.89. The zero-order valence-corrected chi connectivity index (χ0v) is 12.2. The van der Waals surface area contributed by atoms with Crippen molar-refractivity contribution in [1.82, 2.24) is 14.8 Å². The summed E-state index contributed by atoms with van der Waals surface area (Å²) in [6.07, 6.45) is 3.27. The molecule has 0 spiro atoms. The molecule has 1 saturated heterocycles. The maximum absolute atomic E-state index is 12.1. The summed E-state index contributed by atoms with van der Waals surface area (Å²) in [5.74, 6) is -1.08. The SMILES string of the molecule is CN(C)C1CCN(C(=O)Nc2ccc(C(=O)O)nc2)CC1. The van der Waals surface area contributed by atoms with E-state index in [9.17, 15) is 9.59 Å². The molecular formula is C14H20N4O3. The van der Waals surface area contributed by atoms with Crippen LogP contribution in [0.2, 0.25) is 0 Å². The van der Waals surface area contributed by atoms with Crippen molar-refractivity contribution in [3.05, 3.63) is 24.0 Å². The van der Waals surface area contributed by atoms with Crippen molar-refractivity contribution < 1.29 is 14.7 Å². The second-order valence-electron chi connectivity index (χ2n) is 5.35. The molecule has 0 bridgehead atoms. The Labute approximate surface area is 123 Å². The fourth-order valence-corrected chi connectivity index (χ4v) is 2.38. The Morgan fingerprint density at radius 2 is 2.00 bits per heavy atom. The third kappa shape index (κ3) is 3.91. The van der Waals surface area contributed by atoms with Gasteiger partial charge in [-0.2, -0.15) is 0 Å². The number of nitrogens with one attached hydrogen (secondary N) is 1. The number of carboxylic acid groups (broad SMARTS) is 1. The summed E-state index contributed by atoms with van der Waals surface area (Å²) in [7, 11) is 4.10. The van der Waals surface area contributed by atoms with E-state index in [4.69, 9.17) is 5.11 Å². The lowest BCUT2D eigenvalue weighted by Gasteiger charge is -2.35. The largest absolute Gasteiger partial charge is 0.477 e. The number of amides is 2. The Morgan fingerprint density at radius 3 is 2.48 bits per heavy atom. The fraction of sp³-hybridized carbons (Fsp3) is 0.500. The van der Waals surface area contributed by atoms with Crippen molar-refractivity contribution in [2.75, 3.05) is 32.5 Å². The molecule has 0 aliphatic carbocycles. The molecule has 114 valence electrons. The van der Waals surface area contributed by atoms with Crippen LogP contribution in [0.1, 0.15) is 23.3 Å². The van der Waals surface area contributed by atoms with Crippen molar-refractivity contribution in [3.8, 4) is 0 Å². The summed E-state index contributed by atoms with van der Waals surface area (Å²) >= 11 is 0. The third-order valence-corrected chi connectivity index (χ3v) is 3.72. The summed E-state index contributed by atoms with van der Waals surface area (Å²) < 4.78 is 0. The Morgan fingerprint density at radius 1 is 1.33 bits per heavy atom. The summed E-state index contributed by atoms with van der Waals surface area (Å²) in [5.41, 5.74) is 0.458. The molecule has 7 heteroatoms. The lowest BCUT2D eigenvalue weighted by molar-refractivity contribution is 0.0690. The van der Waals surface area contributed by atoms with Crippen LogP contribution in [-0.4, -0.2) is 65.1 Å². The molecule has 0 saturated carbocycles. The molecule has 0 unspecified atom stereocenters. The number of likely N-dealkylation sites (tertiary alicyclic amines) is 1. The minimum atomic E-state index is -1.08. The Kier molecular flexibility index (Phi) is 4.74. The molecule has 0 atom stereocenters. The number of piperidine rings is 1. The number of aromatic carboxylic acids is 1. The summed E-state index contributed by atoms with van der Waals surface area (Å²) in [6.45, 7) is 1.44. The van der Waals surface area contributed by atoms with Gasteiger partial charge in [-0.15, -0.1) is 0 Å². The van der Waals surface area contributed by atoms with Crippen molar-refractivity contribution in [2.24, 2.45) is 0 Å². The Hall–Kier alpha value is -2.15. The molecule has 21 heavy (non-hydrogen) atoms. The molecule has 1 fully saturated rings. The number of carbonyl (C=O) groups is 2. The molecule has 2 heterocycles. The van der Waals surface area contributed by atoms with Gasteiger partial charge >= 0.3 is 12.0 Å². The van der Waals surface area contributed by atoms with Crippen LogP contribution in [0.4, 0.5) is 10.5 Å². The van der Waals surface area contributed by atoms with Gasteiger partial charge in [0.25, 0.3) is 0 Å². The lowest BCUT2D eigenvalue weighted by atomic mass is 10.0. The van der Waals surface area contributed by atoms with Crippen molar-refractivity contribution in [2.45, 2.75) is 18.9 Å². The molecule has 1 aromatic heterocycles. The zero-order valence-electron chi connectivity index (χ0n) is 12.2. The minimum Gasteiger partial charge on any atom is -0.477 e. The van der Waals surface area contributed by atoms with Gasteiger partial charge in [-0.1, -0.05) is 0 Å². The van der Waals surface area contributed by atoms with Gasteiger partial charge in [0, 0.05) is 19.1 Å². The Balaban J connectivity index is 1.89. The number of carboxylic acids is 1. The monoisotopic (exact) mass is 292 g/mol. The molecule has 0 aromatic carbocycles. The van der Waals surface area contributed by atoms with Crippen LogP contribution in [0.25, 0.3) is 0 Å². The van der Waals surface area contributed by atoms with E-state index in [0.29, 0.717) is 11.7 Å². The summed E-state index contributed by atoms with van der Waals surface area (Å²) in [4.78, 5) is 30.6. The maximum atomic E-state index is 12.1. The number of nitrogens with zero attached hydrogens (tertiary/aromatic N) is 3. The van der Waals surface area contributed by atoms with Gasteiger partial charge in [-0.05, 0) is 39.1 Å². The number of hydrogen-bond acceptors (Lipinski definition) is 4. The molecule has 2 N–H and O–H groups in total. The predicted molar refractivity (Wildman–Crippen MR) is 78.5 cm³/mol. The lowest BCUT2D eigenvalue weighted by Crippen LogP contribution is -2.46. The van der Waals surface area contributed by atoms with E-state index in [1.807, 2.05) is 0 Å². The topological polar surface area (TPSA) is 85.8 Å². The smallest absolute Gasteiger partial charge is 0.354 e. The molecule has 2 amide bonds. The van der Waals surface area contributed by atoms with Crippen LogP contribution in [0.15, 0.2) is 18.3 Å². The summed E-state index contributed by atoms with van der Waals surface area (Å²) in [5, 5.41) is 11.5. The average Bonchev–Trinajstić information content (AvgIpc) is 2.47. The first-order valence-electron chi connectivity index (χ1n) is 6.89. The quantitative estimate of drug-likeness (QED) is 0.878. The van der Waals surface area contributed by atoms with Gasteiger partial charge in [-0.3, -0.25) is 0 Å². The predicted octanol–water partition coefficient (Wildman–Crippen LogP) is 1.34. The fourth-order valence-electron chi connectivity index (χ4n) is 2.38. The van der Waals surface area contributed by atoms with E-state index in [0.717, 1.165) is 25.9 Å². The van der Waals surface area contributed by atoms with Gasteiger partial charge in [0.1, 0.15) is 5.69 Å². The van der Waals surface area contributed by atoms with Crippen LogP contribution in [0.5, 0.6) is 0 Å². The highest BCUT2D eigenvalue weighted by Crippen LogP contribution is 2.15. The first kappa shape index (κ1) is 15.2.